The van der Waals surface area contributed by atoms with Gasteiger partial charge >= 0.3 is 6.01 Å². The third-order valence-corrected chi connectivity index (χ3v) is 3.26. The highest BCUT2D eigenvalue weighted by molar-refractivity contribution is 6.42. The van der Waals surface area contributed by atoms with Crippen LogP contribution in [-0.4, -0.2) is 35.6 Å². The Hall–Kier alpha value is -1.79. The van der Waals surface area contributed by atoms with Gasteiger partial charge in [0.2, 0.25) is 11.9 Å². The second-order valence-corrected chi connectivity index (χ2v) is 5.11. The van der Waals surface area contributed by atoms with E-state index in [1.807, 2.05) is 21.0 Å². The number of anilines is 2. The number of rotatable bonds is 5. The van der Waals surface area contributed by atoms with Gasteiger partial charge in [-0.1, -0.05) is 29.3 Å². The van der Waals surface area contributed by atoms with Crippen molar-refractivity contribution in [2.45, 2.75) is 6.92 Å². The molecule has 112 valence electrons. The zero-order chi connectivity index (χ0) is 15.4. The molecule has 1 aromatic carbocycles. The minimum atomic E-state index is 0.147. The van der Waals surface area contributed by atoms with Gasteiger partial charge in [-0.25, -0.2) is 0 Å². The quantitative estimate of drug-likeness (QED) is 0.907. The second kappa shape index (κ2) is 6.78. The highest BCUT2D eigenvalue weighted by Crippen LogP contribution is 2.33. The van der Waals surface area contributed by atoms with Crippen molar-refractivity contribution in [3.8, 4) is 11.8 Å². The lowest BCUT2D eigenvalue weighted by Crippen LogP contribution is -2.15. The number of nitrogens with zero attached hydrogens (tertiary/aromatic N) is 4. The average Bonchev–Trinajstić information content (AvgIpc) is 2.44. The molecule has 0 spiro atoms. The number of benzene rings is 1. The lowest BCUT2D eigenvalue weighted by molar-refractivity contribution is 0.441. The van der Waals surface area contributed by atoms with Crippen LogP contribution in [0.1, 0.15) is 6.92 Å². The van der Waals surface area contributed by atoms with Crippen molar-refractivity contribution in [1.82, 2.24) is 15.0 Å². The molecular formula is C13H15Cl2N5O. The smallest absolute Gasteiger partial charge is 0.328 e. The van der Waals surface area contributed by atoms with E-state index in [1.54, 1.807) is 23.1 Å². The third kappa shape index (κ3) is 3.86. The highest BCUT2D eigenvalue weighted by atomic mass is 35.5. The Morgan fingerprint density at radius 2 is 1.95 bits per heavy atom. The Morgan fingerprint density at radius 3 is 2.62 bits per heavy atom. The van der Waals surface area contributed by atoms with Crippen molar-refractivity contribution >= 4 is 35.1 Å². The Labute approximate surface area is 133 Å². The molecule has 0 saturated heterocycles. The van der Waals surface area contributed by atoms with Crippen LogP contribution in [0, 0.1) is 0 Å². The zero-order valence-electron chi connectivity index (χ0n) is 11.9. The first-order chi connectivity index (χ1) is 10.0. The summed E-state index contributed by atoms with van der Waals surface area (Å²) in [5.74, 6) is 1.31. The molecule has 0 radical (unpaired) electrons. The Balaban J connectivity index is 2.36. The van der Waals surface area contributed by atoms with E-state index in [2.05, 4.69) is 20.3 Å². The van der Waals surface area contributed by atoms with Crippen molar-refractivity contribution in [3.05, 3.63) is 28.2 Å². The fraction of sp³-hybridized carbons (Fsp3) is 0.308. The van der Waals surface area contributed by atoms with Crippen LogP contribution in [0.3, 0.4) is 0 Å². The maximum absolute atomic E-state index is 6.09. The fourth-order valence-electron chi connectivity index (χ4n) is 1.49. The number of halogens is 2. The summed E-state index contributed by atoms with van der Waals surface area (Å²) < 4.78 is 5.62. The maximum Gasteiger partial charge on any atom is 0.328 e. The van der Waals surface area contributed by atoms with E-state index in [-0.39, 0.29) is 6.01 Å². The van der Waals surface area contributed by atoms with E-state index in [0.29, 0.717) is 34.2 Å². The van der Waals surface area contributed by atoms with Gasteiger partial charge in [0.1, 0.15) is 5.02 Å². The monoisotopic (exact) mass is 327 g/mol. The number of hydrogen-bond acceptors (Lipinski definition) is 6. The van der Waals surface area contributed by atoms with Crippen LogP contribution in [0.2, 0.25) is 10.0 Å². The van der Waals surface area contributed by atoms with Crippen LogP contribution in [-0.2, 0) is 0 Å². The fourth-order valence-corrected chi connectivity index (χ4v) is 1.82. The number of hydrogen-bond donors (Lipinski definition) is 1. The number of ether oxygens (including phenoxy) is 1. The number of aromatic nitrogens is 3. The first-order valence-corrected chi connectivity index (χ1v) is 7.06. The topological polar surface area (TPSA) is 63.2 Å². The van der Waals surface area contributed by atoms with Gasteiger partial charge in [-0.2, -0.15) is 15.0 Å². The molecule has 0 atom stereocenters. The number of nitrogens with one attached hydrogen (secondary N) is 1. The molecule has 0 fully saturated rings. The van der Waals surface area contributed by atoms with E-state index in [1.165, 1.54) is 0 Å². The minimum Gasteiger partial charge on any atom is -0.422 e. The molecule has 2 rings (SSSR count). The van der Waals surface area contributed by atoms with Crippen LogP contribution in [0.5, 0.6) is 11.8 Å². The van der Waals surface area contributed by atoms with E-state index in [4.69, 9.17) is 27.9 Å². The summed E-state index contributed by atoms with van der Waals surface area (Å²) in [7, 11) is 3.67. The zero-order valence-corrected chi connectivity index (χ0v) is 13.4. The SMILES string of the molecule is CCNc1nc(Oc2cccc(Cl)c2Cl)nc(N(C)C)n1. The van der Waals surface area contributed by atoms with Crippen LogP contribution >= 0.6 is 23.2 Å². The summed E-state index contributed by atoms with van der Waals surface area (Å²) in [6.45, 7) is 2.64. The molecule has 0 aliphatic heterocycles. The molecule has 0 saturated carbocycles. The Morgan fingerprint density at radius 1 is 1.19 bits per heavy atom. The second-order valence-electron chi connectivity index (χ2n) is 4.32. The molecule has 6 nitrogen and oxygen atoms in total. The molecule has 21 heavy (non-hydrogen) atoms. The summed E-state index contributed by atoms with van der Waals surface area (Å²) in [5, 5.41) is 3.75. The van der Waals surface area contributed by atoms with Gasteiger partial charge in [0.15, 0.2) is 5.75 Å². The van der Waals surface area contributed by atoms with Crippen LogP contribution in [0.15, 0.2) is 18.2 Å². The van der Waals surface area contributed by atoms with E-state index >= 15 is 0 Å². The standard InChI is InChI=1S/C13H15Cl2N5O/c1-4-16-11-17-12(20(2)3)19-13(18-11)21-9-7-5-6-8(14)10(9)15/h5-7H,4H2,1-3H3,(H,16,17,18,19). The molecule has 0 aliphatic rings. The summed E-state index contributed by atoms with van der Waals surface area (Å²) in [5.41, 5.74) is 0. The minimum absolute atomic E-state index is 0.147. The van der Waals surface area contributed by atoms with E-state index < -0.39 is 0 Å². The van der Waals surface area contributed by atoms with Crippen molar-refractivity contribution in [3.63, 3.8) is 0 Å². The molecule has 2 aromatic rings. The van der Waals surface area contributed by atoms with E-state index in [9.17, 15) is 0 Å². The van der Waals surface area contributed by atoms with E-state index in [0.717, 1.165) is 0 Å². The maximum atomic E-state index is 6.09. The van der Waals surface area contributed by atoms with Gasteiger partial charge in [0, 0.05) is 20.6 Å². The van der Waals surface area contributed by atoms with Gasteiger partial charge in [-0.3, -0.25) is 0 Å². The molecule has 1 aromatic heterocycles. The van der Waals surface area contributed by atoms with Gasteiger partial charge < -0.3 is 15.0 Å². The Bertz CT molecular complexity index is 636. The first-order valence-electron chi connectivity index (χ1n) is 6.30. The lowest BCUT2D eigenvalue weighted by atomic mass is 10.3. The summed E-state index contributed by atoms with van der Waals surface area (Å²) >= 11 is 12.0. The van der Waals surface area contributed by atoms with Crippen LogP contribution in [0.4, 0.5) is 11.9 Å². The third-order valence-electron chi connectivity index (χ3n) is 2.46. The van der Waals surface area contributed by atoms with Crippen molar-refractivity contribution < 1.29 is 4.74 Å². The summed E-state index contributed by atoms with van der Waals surface area (Å²) in [6.07, 6.45) is 0. The van der Waals surface area contributed by atoms with Crippen LogP contribution < -0.4 is 15.0 Å². The lowest BCUT2D eigenvalue weighted by Gasteiger charge is -2.13. The molecule has 0 unspecified atom stereocenters. The predicted molar refractivity (Wildman–Crippen MR) is 84.9 cm³/mol. The molecule has 0 bridgehead atoms. The molecule has 0 aliphatic carbocycles. The molecule has 1 heterocycles. The largest absolute Gasteiger partial charge is 0.422 e. The van der Waals surface area contributed by atoms with Gasteiger partial charge in [0.05, 0.1) is 5.02 Å². The summed E-state index contributed by atoms with van der Waals surface area (Å²) in [4.78, 5) is 14.4. The van der Waals surface area contributed by atoms with Crippen LogP contribution in [0.25, 0.3) is 0 Å². The molecule has 1 N–H and O–H groups in total. The summed E-state index contributed by atoms with van der Waals surface area (Å²) in [6, 6.07) is 5.26. The normalized spacial score (nSPS) is 10.3. The molecule has 0 amide bonds. The van der Waals surface area contributed by atoms with Crippen molar-refractivity contribution in [1.29, 1.82) is 0 Å². The van der Waals surface area contributed by atoms with Gasteiger partial charge in [-0.05, 0) is 19.1 Å². The predicted octanol–water partition coefficient (Wildman–Crippen LogP) is 3.47. The molecular weight excluding hydrogens is 313 g/mol. The van der Waals surface area contributed by atoms with Gasteiger partial charge in [-0.15, -0.1) is 0 Å². The van der Waals surface area contributed by atoms with Crippen molar-refractivity contribution in [2.75, 3.05) is 30.9 Å². The average molecular weight is 328 g/mol. The van der Waals surface area contributed by atoms with Crippen molar-refractivity contribution in [2.24, 2.45) is 0 Å². The van der Waals surface area contributed by atoms with Gasteiger partial charge in [0.25, 0.3) is 0 Å². The molecule has 8 heteroatoms. The first kappa shape index (κ1) is 15.6. The Kier molecular flexibility index (Phi) is 5.03. The highest BCUT2D eigenvalue weighted by Gasteiger charge is 2.12.